The Balaban J connectivity index is 3.29. The molecule has 1 rings (SSSR count). The van der Waals surface area contributed by atoms with E-state index in [1.807, 2.05) is 0 Å². The summed E-state index contributed by atoms with van der Waals surface area (Å²) in [6.45, 7) is 1.78. The maximum Gasteiger partial charge on any atom is 0.141 e. The van der Waals surface area contributed by atoms with Crippen molar-refractivity contribution in [3.8, 4) is 5.75 Å². The normalized spacial score (nSPS) is 12.6. The molecule has 14 heavy (non-hydrogen) atoms. The van der Waals surface area contributed by atoms with Gasteiger partial charge in [-0.2, -0.15) is 0 Å². The zero-order valence-corrected chi connectivity index (χ0v) is 9.64. The van der Waals surface area contributed by atoms with Gasteiger partial charge in [-0.1, -0.05) is 6.92 Å². The predicted molar refractivity (Wildman–Crippen MR) is 55.9 cm³/mol. The molecule has 4 heteroatoms. The van der Waals surface area contributed by atoms with Gasteiger partial charge in [0.25, 0.3) is 0 Å². The minimum atomic E-state index is -0.831. The third-order valence-corrected chi connectivity index (χ3v) is 2.64. The Morgan fingerprint density at radius 2 is 2.21 bits per heavy atom. The average molecular weight is 263 g/mol. The molecule has 0 aliphatic rings. The van der Waals surface area contributed by atoms with Crippen LogP contribution >= 0.6 is 15.9 Å². The van der Waals surface area contributed by atoms with Gasteiger partial charge in [0.1, 0.15) is 11.6 Å². The fraction of sp³-hybridized carbons (Fsp3) is 0.400. The number of ether oxygens (including phenoxy) is 1. The second kappa shape index (κ2) is 4.75. The number of benzene rings is 1. The lowest BCUT2D eigenvalue weighted by atomic mass is 10.1. The van der Waals surface area contributed by atoms with Gasteiger partial charge in [-0.3, -0.25) is 0 Å². The lowest BCUT2D eigenvalue weighted by Gasteiger charge is -2.15. The van der Waals surface area contributed by atoms with Crippen LogP contribution in [0.25, 0.3) is 0 Å². The summed E-state index contributed by atoms with van der Waals surface area (Å²) in [5.41, 5.74) is 0.212. The number of aliphatic hydroxyl groups is 1. The molecule has 1 N–H and O–H groups in total. The summed E-state index contributed by atoms with van der Waals surface area (Å²) in [4.78, 5) is 0. The first-order valence-electron chi connectivity index (χ1n) is 4.31. The van der Waals surface area contributed by atoms with Gasteiger partial charge in [0.05, 0.1) is 23.2 Å². The summed E-state index contributed by atoms with van der Waals surface area (Å²) < 4.78 is 19.1. The van der Waals surface area contributed by atoms with E-state index in [0.29, 0.717) is 16.6 Å². The van der Waals surface area contributed by atoms with Crippen LogP contribution in [0.3, 0.4) is 0 Å². The van der Waals surface area contributed by atoms with Crippen LogP contribution < -0.4 is 4.74 Å². The molecule has 0 saturated heterocycles. The minimum absolute atomic E-state index is 0.212. The van der Waals surface area contributed by atoms with Gasteiger partial charge in [-0.05, 0) is 34.5 Å². The van der Waals surface area contributed by atoms with Crippen LogP contribution in [0.5, 0.6) is 5.75 Å². The average Bonchev–Trinajstić information content (AvgIpc) is 2.19. The van der Waals surface area contributed by atoms with Crippen molar-refractivity contribution in [1.82, 2.24) is 0 Å². The maximum atomic E-state index is 13.4. The van der Waals surface area contributed by atoms with E-state index in [4.69, 9.17) is 4.74 Å². The van der Waals surface area contributed by atoms with Crippen LogP contribution in [-0.4, -0.2) is 12.2 Å². The molecule has 0 saturated carbocycles. The number of rotatable bonds is 3. The fourth-order valence-corrected chi connectivity index (χ4v) is 1.78. The SMILES string of the molecule is CCC(O)c1c(F)ccc(Br)c1OC. The van der Waals surface area contributed by atoms with Crippen LogP contribution in [-0.2, 0) is 0 Å². The van der Waals surface area contributed by atoms with E-state index in [1.54, 1.807) is 13.0 Å². The molecular weight excluding hydrogens is 251 g/mol. The highest BCUT2D eigenvalue weighted by atomic mass is 79.9. The van der Waals surface area contributed by atoms with Gasteiger partial charge in [-0.25, -0.2) is 4.39 Å². The summed E-state index contributed by atoms with van der Waals surface area (Å²) in [7, 11) is 1.45. The van der Waals surface area contributed by atoms with Gasteiger partial charge in [0.2, 0.25) is 0 Å². The van der Waals surface area contributed by atoms with Crippen molar-refractivity contribution in [2.75, 3.05) is 7.11 Å². The molecule has 0 aromatic heterocycles. The third-order valence-electron chi connectivity index (χ3n) is 2.02. The number of hydrogen-bond acceptors (Lipinski definition) is 2. The monoisotopic (exact) mass is 262 g/mol. The maximum absolute atomic E-state index is 13.4. The first-order valence-corrected chi connectivity index (χ1v) is 5.11. The van der Waals surface area contributed by atoms with Crippen molar-refractivity contribution >= 4 is 15.9 Å². The van der Waals surface area contributed by atoms with Gasteiger partial charge >= 0.3 is 0 Å². The molecule has 1 atom stereocenters. The third kappa shape index (κ3) is 2.07. The second-order valence-electron chi connectivity index (χ2n) is 2.90. The van der Waals surface area contributed by atoms with Crippen molar-refractivity contribution in [2.24, 2.45) is 0 Å². The van der Waals surface area contributed by atoms with E-state index in [1.165, 1.54) is 13.2 Å². The van der Waals surface area contributed by atoms with Crippen molar-refractivity contribution < 1.29 is 14.2 Å². The molecular formula is C10H12BrFO2. The molecule has 0 amide bonds. The van der Waals surface area contributed by atoms with Crippen LogP contribution in [0.2, 0.25) is 0 Å². The van der Waals surface area contributed by atoms with E-state index >= 15 is 0 Å². The van der Waals surface area contributed by atoms with Crippen molar-refractivity contribution in [1.29, 1.82) is 0 Å². The second-order valence-corrected chi connectivity index (χ2v) is 3.75. The highest BCUT2D eigenvalue weighted by molar-refractivity contribution is 9.10. The number of halogens is 2. The summed E-state index contributed by atoms with van der Waals surface area (Å²) in [5.74, 6) is -0.0845. The van der Waals surface area contributed by atoms with E-state index in [-0.39, 0.29) is 5.56 Å². The molecule has 78 valence electrons. The Kier molecular flexibility index (Phi) is 3.89. The summed E-state index contributed by atoms with van der Waals surface area (Å²) in [6, 6.07) is 2.86. The lowest BCUT2D eigenvalue weighted by Crippen LogP contribution is -2.03. The molecule has 1 aromatic carbocycles. The van der Waals surface area contributed by atoms with Gasteiger partial charge in [0, 0.05) is 0 Å². The summed E-state index contributed by atoms with van der Waals surface area (Å²) >= 11 is 3.24. The molecule has 1 aromatic rings. The largest absolute Gasteiger partial charge is 0.495 e. The molecule has 1 unspecified atom stereocenters. The Bertz CT molecular complexity index is 328. The molecule has 0 aliphatic heterocycles. The van der Waals surface area contributed by atoms with Crippen LogP contribution in [0.1, 0.15) is 25.0 Å². The zero-order valence-electron chi connectivity index (χ0n) is 8.05. The number of hydrogen-bond donors (Lipinski definition) is 1. The Morgan fingerprint density at radius 3 is 2.71 bits per heavy atom. The van der Waals surface area contributed by atoms with E-state index in [0.717, 1.165) is 0 Å². The van der Waals surface area contributed by atoms with Crippen molar-refractivity contribution in [3.05, 3.63) is 28.0 Å². The Hall–Kier alpha value is -0.610. The summed E-state index contributed by atoms with van der Waals surface area (Å²) in [5, 5.41) is 9.61. The Labute approximate surface area is 90.8 Å². The van der Waals surface area contributed by atoms with Crippen LogP contribution in [0, 0.1) is 5.82 Å². The first-order chi connectivity index (χ1) is 6.61. The number of methoxy groups -OCH3 is 1. The highest BCUT2D eigenvalue weighted by Gasteiger charge is 2.18. The van der Waals surface area contributed by atoms with E-state index < -0.39 is 11.9 Å². The minimum Gasteiger partial charge on any atom is -0.495 e. The molecule has 0 heterocycles. The quantitative estimate of drug-likeness (QED) is 0.908. The Morgan fingerprint density at radius 1 is 1.57 bits per heavy atom. The lowest BCUT2D eigenvalue weighted by molar-refractivity contribution is 0.164. The van der Waals surface area contributed by atoms with Gasteiger partial charge < -0.3 is 9.84 Å². The highest BCUT2D eigenvalue weighted by Crippen LogP contribution is 2.35. The zero-order chi connectivity index (χ0) is 10.7. The fourth-order valence-electron chi connectivity index (χ4n) is 1.27. The molecule has 0 spiro atoms. The standard InChI is InChI=1S/C10H12BrFO2/c1-3-8(13)9-7(12)5-4-6(11)10(9)14-2/h4-5,8,13H,3H2,1-2H3. The van der Waals surface area contributed by atoms with Crippen molar-refractivity contribution in [3.63, 3.8) is 0 Å². The molecule has 0 bridgehead atoms. The van der Waals surface area contributed by atoms with Crippen molar-refractivity contribution in [2.45, 2.75) is 19.4 Å². The molecule has 0 fully saturated rings. The topological polar surface area (TPSA) is 29.5 Å². The van der Waals surface area contributed by atoms with Gasteiger partial charge in [-0.15, -0.1) is 0 Å². The van der Waals surface area contributed by atoms with Crippen LogP contribution in [0.4, 0.5) is 4.39 Å². The summed E-state index contributed by atoms with van der Waals surface area (Å²) in [6.07, 6.45) is -0.383. The van der Waals surface area contributed by atoms with Crippen LogP contribution in [0.15, 0.2) is 16.6 Å². The molecule has 0 aliphatic carbocycles. The van der Waals surface area contributed by atoms with E-state index in [2.05, 4.69) is 15.9 Å². The van der Waals surface area contributed by atoms with Gasteiger partial charge in [0.15, 0.2) is 0 Å². The first kappa shape index (κ1) is 11.5. The van der Waals surface area contributed by atoms with E-state index in [9.17, 15) is 9.50 Å². The number of aliphatic hydroxyl groups excluding tert-OH is 1. The molecule has 2 nitrogen and oxygen atoms in total. The molecule has 0 radical (unpaired) electrons. The predicted octanol–water partition coefficient (Wildman–Crippen LogP) is 3.04. The smallest absolute Gasteiger partial charge is 0.141 e.